The van der Waals surface area contributed by atoms with E-state index < -0.39 is 0 Å². The lowest BCUT2D eigenvalue weighted by Gasteiger charge is -2.18. The highest BCUT2D eigenvalue weighted by Crippen LogP contribution is 2.40. The van der Waals surface area contributed by atoms with Crippen LogP contribution in [0.25, 0.3) is 88.9 Å². The monoisotopic (exact) mass is 665 g/mol. The molecule has 0 unspecified atom stereocenters. The van der Waals surface area contributed by atoms with E-state index in [1.165, 1.54) is 0 Å². The highest BCUT2D eigenvalue weighted by Gasteiger charge is 2.23. The van der Waals surface area contributed by atoms with Gasteiger partial charge in [0.05, 0.1) is 44.8 Å². The molecule has 0 aliphatic rings. The van der Waals surface area contributed by atoms with Crippen molar-refractivity contribution in [3.63, 3.8) is 0 Å². The summed E-state index contributed by atoms with van der Waals surface area (Å²) in [7, 11) is 0. The van der Waals surface area contributed by atoms with Crippen LogP contribution in [-0.4, -0.2) is 29.1 Å². The molecule has 10 aromatic rings. The second-order valence-electron chi connectivity index (χ2n) is 12.7. The molecule has 0 atom stereocenters. The molecule has 242 valence electrons. The first-order valence-electron chi connectivity index (χ1n) is 17.0. The summed E-state index contributed by atoms with van der Waals surface area (Å²) < 4.78 is 4.37. The smallest absolute Gasteiger partial charge is 0.160 e. The van der Waals surface area contributed by atoms with E-state index in [4.69, 9.17) is 9.97 Å². The van der Waals surface area contributed by atoms with Gasteiger partial charge in [-0.3, -0.25) is 9.97 Å². The molecule has 0 bridgehead atoms. The average molecular weight is 666 g/mol. The third kappa shape index (κ3) is 4.59. The molecule has 7 heteroatoms. The lowest BCUT2D eigenvalue weighted by molar-refractivity contribution is 1.11. The van der Waals surface area contributed by atoms with Gasteiger partial charge in [0, 0.05) is 63.0 Å². The Morgan fingerprint density at radius 1 is 0.442 bits per heavy atom. The molecule has 0 spiro atoms. The zero-order chi connectivity index (χ0) is 34.6. The fourth-order valence-electron chi connectivity index (χ4n) is 7.45. The Balaban J connectivity index is 1.36. The Morgan fingerprint density at radius 2 is 0.904 bits per heavy atom. The number of para-hydroxylation sites is 2. The third-order valence-electron chi connectivity index (χ3n) is 9.76. The predicted octanol–water partition coefficient (Wildman–Crippen LogP) is 10.3. The summed E-state index contributed by atoms with van der Waals surface area (Å²) in [5, 5.41) is 15.3. The van der Waals surface area contributed by atoms with E-state index in [-0.39, 0.29) is 0 Å². The van der Waals surface area contributed by atoms with E-state index in [1.807, 2.05) is 103 Å². The van der Waals surface area contributed by atoms with Gasteiger partial charge in [0.25, 0.3) is 0 Å². The summed E-state index contributed by atoms with van der Waals surface area (Å²) in [4.78, 5) is 19.2. The van der Waals surface area contributed by atoms with Crippen LogP contribution < -0.4 is 0 Å². The fraction of sp³-hybridized carbons (Fsp3) is 0. The van der Waals surface area contributed by atoms with Gasteiger partial charge in [0.15, 0.2) is 5.82 Å². The first-order valence-corrected chi connectivity index (χ1v) is 17.0. The molecule has 0 fully saturated rings. The Kier molecular flexibility index (Phi) is 6.73. The highest BCUT2D eigenvalue weighted by molar-refractivity contribution is 6.10. The van der Waals surface area contributed by atoms with E-state index in [0.717, 1.165) is 83.1 Å². The van der Waals surface area contributed by atoms with Crippen LogP contribution in [0.2, 0.25) is 0 Å². The van der Waals surface area contributed by atoms with Gasteiger partial charge >= 0.3 is 0 Å². The Morgan fingerprint density at radius 3 is 1.44 bits per heavy atom. The van der Waals surface area contributed by atoms with Crippen molar-refractivity contribution >= 4 is 43.6 Å². The summed E-state index contributed by atoms with van der Waals surface area (Å²) in [6.07, 6.45) is 7.40. The topological polar surface area (TPSA) is 85.2 Å². The van der Waals surface area contributed by atoms with Crippen LogP contribution in [0.1, 0.15) is 5.56 Å². The van der Waals surface area contributed by atoms with Crippen molar-refractivity contribution in [2.45, 2.75) is 0 Å². The quantitative estimate of drug-likeness (QED) is 0.183. The molecule has 0 aliphatic heterocycles. The molecule has 52 heavy (non-hydrogen) atoms. The van der Waals surface area contributed by atoms with E-state index >= 15 is 0 Å². The molecule has 0 saturated heterocycles. The van der Waals surface area contributed by atoms with E-state index in [2.05, 4.69) is 73.7 Å². The van der Waals surface area contributed by atoms with Crippen LogP contribution in [0.3, 0.4) is 0 Å². The van der Waals surface area contributed by atoms with Crippen molar-refractivity contribution in [3.8, 4) is 51.3 Å². The number of hydrogen-bond acceptors (Lipinski definition) is 5. The van der Waals surface area contributed by atoms with Crippen molar-refractivity contribution in [2.24, 2.45) is 0 Å². The van der Waals surface area contributed by atoms with Crippen molar-refractivity contribution < 1.29 is 0 Å². The summed E-state index contributed by atoms with van der Waals surface area (Å²) in [5.74, 6) is 0.621. The van der Waals surface area contributed by atoms with Gasteiger partial charge in [-0.2, -0.15) is 5.26 Å². The van der Waals surface area contributed by atoms with Crippen molar-refractivity contribution in [2.75, 3.05) is 0 Å². The molecule has 7 nitrogen and oxygen atoms in total. The summed E-state index contributed by atoms with van der Waals surface area (Å²) in [5.41, 5.74) is 10.2. The average Bonchev–Trinajstić information content (AvgIpc) is 3.74. The minimum absolute atomic E-state index is 0.531. The Bertz CT molecular complexity index is 2730. The maximum atomic E-state index is 11.2. The van der Waals surface area contributed by atoms with Crippen LogP contribution in [-0.2, 0) is 0 Å². The molecule has 0 saturated carbocycles. The van der Waals surface area contributed by atoms with Gasteiger partial charge in [-0.1, -0.05) is 97.1 Å². The minimum atomic E-state index is 0.531. The van der Waals surface area contributed by atoms with E-state index in [9.17, 15) is 5.26 Å². The number of pyridine rings is 2. The van der Waals surface area contributed by atoms with Gasteiger partial charge in [-0.25, -0.2) is 9.97 Å². The maximum Gasteiger partial charge on any atom is 0.160 e. The van der Waals surface area contributed by atoms with Gasteiger partial charge < -0.3 is 9.13 Å². The van der Waals surface area contributed by atoms with Gasteiger partial charge in [0.2, 0.25) is 0 Å². The zero-order valence-electron chi connectivity index (χ0n) is 27.7. The summed E-state index contributed by atoms with van der Waals surface area (Å²) in [6.45, 7) is 0. The van der Waals surface area contributed by atoms with Crippen LogP contribution >= 0.6 is 0 Å². The Hall–Kier alpha value is -7.43. The Labute approximate surface area is 298 Å². The lowest BCUT2D eigenvalue weighted by Crippen LogP contribution is -2.06. The molecule has 5 aromatic heterocycles. The number of hydrogen-bond donors (Lipinski definition) is 0. The summed E-state index contributed by atoms with van der Waals surface area (Å²) in [6, 6.07) is 49.7. The molecule has 10 rings (SSSR count). The van der Waals surface area contributed by atoms with Crippen molar-refractivity contribution in [1.82, 2.24) is 29.1 Å². The first kappa shape index (κ1) is 29.5. The molecule has 5 aromatic carbocycles. The lowest BCUT2D eigenvalue weighted by atomic mass is 10.0. The molecule has 5 heterocycles. The normalized spacial score (nSPS) is 11.4. The van der Waals surface area contributed by atoms with Gasteiger partial charge in [-0.15, -0.1) is 0 Å². The number of rotatable bonds is 5. The fourth-order valence-corrected chi connectivity index (χ4v) is 7.45. The van der Waals surface area contributed by atoms with E-state index in [1.54, 1.807) is 12.4 Å². The molecular formula is C45H27N7. The zero-order valence-corrected chi connectivity index (χ0v) is 27.7. The predicted molar refractivity (Wildman–Crippen MR) is 207 cm³/mol. The largest absolute Gasteiger partial charge is 0.308 e. The summed E-state index contributed by atoms with van der Waals surface area (Å²) >= 11 is 0. The SMILES string of the molecule is N#Cc1c(-n2c3ccccc3c3cnccc32)cc(-c2cc(-c3ccccc3)nc(-c3ccccc3)n2)cc1-n1c2ccccc2c2cnccc21. The second kappa shape index (κ2) is 11.9. The van der Waals surface area contributed by atoms with Crippen LogP contribution in [0, 0.1) is 11.3 Å². The van der Waals surface area contributed by atoms with Crippen LogP contribution in [0.15, 0.2) is 164 Å². The first-order chi connectivity index (χ1) is 25.8. The number of fused-ring (bicyclic) bond motifs is 6. The van der Waals surface area contributed by atoms with Gasteiger partial charge in [-0.05, 0) is 42.5 Å². The van der Waals surface area contributed by atoms with E-state index in [0.29, 0.717) is 11.4 Å². The standard InChI is InChI=1S/C45H27N7/c46-26-34-43(51-39-17-9-7-15-32(39)35-27-47-21-19-41(35)51)23-31(24-44(34)52-40-18-10-8-16-33(40)36-28-48-22-20-42(36)52)38-25-37(29-11-3-1-4-12-29)49-45(50-38)30-13-5-2-6-14-30/h1-25,27-28H. The van der Waals surface area contributed by atoms with Crippen molar-refractivity contribution in [3.05, 3.63) is 170 Å². The number of aromatic nitrogens is 6. The highest BCUT2D eigenvalue weighted by atomic mass is 15.0. The van der Waals surface area contributed by atoms with Crippen LogP contribution in [0.4, 0.5) is 0 Å². The minimum Gasteiger partial charge on any atom is -0.308 e. The maximum absolute atomic E-state index is 11.2. The number of benzene rings is 5. The molecule has 0 N–H and O–H groups in total. The molecular weight excluding hydrogens is 639 g/mol. The molecule has 0 radical (unpaired) electrons. The third-order valence-corrected chi connectivity index (χ3v) is 9.76. The number of nitrogens with zero attached hydrogens (tertiary/aromatic N) is 7. The van der Waals surface area contributed by atoms with Crippen molar-refractivity contribution in [1.29, 1.82) is 5.26 Å². The van der Waals surface area contributed by atoms with Gasteiger partial charge in [0.1, 0.15) is 11.6 Å². The van der Waals surface area contributed by atoms with Crippen LogP contribution in [0.5, 0.6) is 0 Å². The number of nitriles is 1. The second-order valence-corrected chi connectivity index (χ2v) is 12.7. The molecule has 0 aliphatic carbocycles. The molecule has 0 amide bonds.